The first-order valence-electron chi connectivity index (χ1n) is 6.45. The maximum atomic E-state index is 11.3. The van der Waals surface area contributed by atoms with E-state index < -0.39 is 5.97 Å². The molecule has 19 heavy (non-hydrogen) atoms. The van der Waals surface area contributed by atoms with E-state index >= 15 is 0 Å². The van der Waals surface area contributed by atoms with E-state index in [4.69, 9.17) is 4.74 Å². The highest BCUT2D eigenvalue weighted by atomic mass is 32.2. The minimum Gasteiger partial charge on any atom is -0.478 e. The summed E-state index contributed by atoms with van der Waals surface area (Å²) in [6.45, 7) is 4.95. The predicted molar refractivity (Wildman–Crippen MR) is 72.9 cm³/mol. The molecule has 0 amide bonds. The van der Waals surface area contributed by atoms with Crippen LogP contribution in [0, 0.1) is 6.92 Å². The molecule has 0 bridgehead atoms. The maximum Gasteiger partial charge on any atom is 0.340 e. The highest BCUT2D eigenvalue weighted by molar-refractivity contribution is 7.99. The lowest BCUT2D eigenvalue weighted by Gasteiger charge is -2.09. The van der Waals surface area contributed by atoms with Crippen LogP contribution in [-0.4, -0.2) is 40.0 Å². The van der Waals surface area contributed by atoms with Gasteiger partial charge in [0.05, 0.1) is 12.3 Å². The fourth-order valence-corrected chi connectivity index (χ4v) is 2.72. The van der Waals surface area contributed by atoms with Crippen LogP contribution in [0.2, 0.25) is 0 Å². The van der Waals surface area contributed by atoms with Crippen LogP contribution in [-0.2, 0) is 4.74 Å². The Kier molecular flexibility index (Phi) is 4.76. The number of aromatic carboxylic acids is 1. The van der Waals surface area contributed by atoms with Gasteiger partial charge in [0.15, 0.2) is 0 Å². The van der Waals surface area contributed by atoms with Gasteiger partial charge >= 0.3 is 5.97 Å². The summed E-state index contributed by atoms with van der Waals surface area (Å²) >= 11 is 1.43. The highest BCUT2D eigenvalue weighted by Gasteiger charge is 2.29. The van der Waals surface area contributed by atoms with Crippen molar-refractivity contribution < 1.29 is 14.6 Å². The van der Waals surface area contributed by atoms with E-state index in [-0.39, 0.29) is 5.56 Å². The number of carboxylic acids is 1. The molecule has 1 aliphatic carbocycles. The van der Waals surface area contributed by atoms with Crippen molar-refractivity contribution in [1.29, 1.82) is 0 Å². The van der Waals surface area contributed by atoms with Gasteiger partial charge in [-0.3, -0.25) is 0 Å². The van der Waals surface area contributed by atoms with Crippen molar-refractivity contribution in [2.75, 3.05) is 19.0 Å². The third-order valence-corrected chi connectivity index (χ3v) is 3.84. The number of hydrogen-bond acceptors (Lipinski definition) is 5. The van der Waals surface area contributed by atoms with Crippen molar-refractivity contribution in [2.45, 2.75) is 37.6 Å². The second-order valence-corrected chi connectivity index (χ2v) is 5.56. The molecule has 1 aromatic rings. The molecular weight excluding hydrogens is 264 g/mol. The van der Waals surface area contributed by atoms with Gasteiger partial charge in [-0.1, -0.05) is 0 Å². The quantitative estimate of drug-likeness (QED) is 0.470. The summed E-state index contributed by atoms with van der Waals surface area (Å²) in [7, 11) is 0. The monoisotopic (exact) mass is 282 g/mol. The van der Waals surface area contributed by atoms with Crippen molar-refractivity contribution in [2.24, 2.45) is 0 Å². The first-order valence-corrected chi connectivity index (χ1v) is 7.44. The molecule has 0 aliphatic heterocycles. The van der Waals surface area contributed by atoms with Crippen LogP contribution in [0.1, 0.15) is 47.6 Å². The Hall–Kier alpha value is -1.14. The summed E-state index contributed by atoms with van der Waals surface area (Å²) in [6.07, 6.45) is 2.21. The number of aryl methyl sites for hydroxylation is 1. The van der Waals surface area contributed by atoms with Gasteiger partial charge in [0.25, 0.3) is 0 Å². The van der Waals surface area contributed by atoms with Gasteiger partial charge < -0.3 is 9.84 Å². The van der Waals surface area contributed by atoms with Crippen molar-refractivity contribution in [3.05, 3.63) is 17.1 Å². The molecule has 1 saturated carbocycles. The minimum absolute atomic E-state index is 0.228. The minimum atomic E-state index is -0.959. The molecule has 2 rings (SSSR count). The lowest BCUT2D eigenvalue weighted by molar-refractivity contribution is 0.0690. The maximum absolute atomic E-state index is 11.3. The molecule has 1 fully saturated rings. The zero-order valence-corrected chi connectivity index (χ0v) is 12.0. The van der Waals surface area contributed by atoms with Crippen LogP contribution >= 0.6 is 11.8 Å². The lowest BCUT2D eigenvalue weighted by Crippen LogP contribution is -2.10. The van der Waals surface area contributed by atoms with Crippen molar-refractivity contribution in [3.63, 3.8) is 0 Å². The first-order chi connectivity index (χ1) is 9.13. The standard InChI is InChI=1S/C13H18N2O3S/c1-3-18-6-7-19-12-10(13(16)17)8(2)14-11(15-12)9-4-5-9/h9H,3-7H2,1-2H3,(H,16,17). The van der Waals surface area contributed by atoms with Crippen molar-refractivity contribution in [3.8, 4) is 0 Å². The summed E-state index contributed by atoms with van der Waals surface area (Å²) in [5, 5.41) is 9.84. The van der Waals surface area contributed by atoms with Crippen LogP contribution in [0.15, 0.2) is 5.03 Å². The Morgan fingerprint density at radius 3 is 2.79 bits per heavy atom. The van der Waals surface area contributed by atoms with E-state index in [1.54, 1.807) is 6.92 Å². The van der Waals surface area contributed by atoms with Crippen LogP contribution in [0.25, 0.3) is 0 Å². The first kappa shape index (κ1) is 14.3. The average Bonchev–Trinajstić information content (AvgIpc) is 3.17. The molecular formula is C13H18N2O3S. The molecule has 0 saturated heterocycles. The van der Waals surface area contributed by atoms with Crippen molar-refractivity contribution in [1.82, 2.24) is 9.97 Å². The van der Waals surface area contributed by atoms with E-state index in [1.165, 1.54) is 11.8 Å². The number of ether oxygens (including phenoxy) is 1. The molecule has 6 heteroatoms. The van der Waals surface area contributed by atoms with Gasteiger partial charge in [0.2, 0.25) is 0 Å². The number of aromatic nitrogens is 2. The molecule has 0 radical (unpaired) electrons. The summed E-state index contributed by atoms with van der Waals surface area (Å²) in [4.78, 5) is 20.1. The van der Waals surface area contributed by atoms with E-state index in [1.807, 2.05) is 6.92 Å². The van der Waals surface area contributed by atoms with Gasteiger partial charge in [0, 0.05) is 18.3 Å². The molecule has 0 spiro atoms. The Labute approximate surface area is 116 Å². The van der Waals surface area contributed by atoms with Crippen LogP contribution in [0.4, 0.5) is 0 Å². The molecule has 0 atom stereocenters. The smallest absolute Gasteiger partial charge is 0.340 e. The number of rotatable bonds is 7. The van der Waals surface area contributed by atoms with E-state index in [2.05, 4.69) is 9.97 Å². The van der Waals surface area contributed by atoms with E-state index in [9.17, 15) is 9.90 Å². The number of hydrogen-bond donors (Lipinski definition) is 1. The predicted octanol–water partition coefficient (Wildman–Crippen LogP) is 2.49. The fourth-order valence-electron chi connectivity index (χ4n) is 1.78. The largest absolute Gasteiger partial charge is 0.478 e. The number of nitrogens with zero attached hydrogens (tertiary/aromatic N) is 2. The Morgan fingerprint density at radius 2 is 2.21 bits per heavy atom. The van der Waals surface area contributed by atoms with Gasteiger partial charge in [-0.05, 0) is 26.7 Å². The number of thioether (sulfide) groups is 1. The van der Waals surface area contributed by atoms with E-state index in [0.717, 1.165) is 18.7 Å². The molecule has 104 valence electrons. The molecule has 1 heterocycles. The normalized spacial score (nSPS) is 14.6. The zero-order chi connectivity index (χ0) is 13.8. The van der Waals surface area contributed by atoms with Crippen LogP contribution in [0.3, 0.4) is 0 Å². The third kappa shape index (κ3) is 3.67. The van der Waals surface area contributed by atoms with Crippen LogP contribution in [0.5, 0.6) is 0 Å². The number of carbonyl (C=O) groups is 1. The third-order valence-electron chi connectivity index (χ3n) is 2.90. The molecule has 1 aromatic heterocycles. The Morgan fingerprint density at radius 1 is 1.47 bits per heavy atom. The van der Waals surface area contributed by atoms with Gasteiger partial charge in [-0.2, -0.15) is 0 Å². The summed E-state index contributed by atoms with van der Waals surface area (Å²) < 4.78 is 5.26. The Bertz CT molecular complexity index is 475. The number of carboxylic acid groups (broad SMARTS) is 1. The van der Waals surface area contributed by atoms with Crippen molar-refractivity contribution >= 4 is 17.7 Å². The van der Waals surface area contributed by atoms with Gasteiger partial charge in [-0.15, -0.1) is 11.8 Å². The summed E-state index contributed by atoms with van der Waals surface area (Å²) in [6, 6.07) is 0. The van der Waals surface area contributed by atoms with Gasteiger partial charge in [-0.25, -0.2) is 14.8 Å². The van der Waals surface area contributed by atoms with E-state index in [0.29, 0.717) is 35.6 Å². The zero-order valence-electron chi connectivity index (χ0n) is 11.2. The molecule has 1 aliphatic rings. The summed E-state index contributed by atoms with van der Waals surface area (Å²) in [5.41, 5.74) is 0.786. The topological polar surface area (TPSA) is 72.3 Å². The van der Waals surface area contributed by atoms with Gasteiger partial charge in [0.1, 0.15) is 16.4 Å². The Balaban J connectivity index is 2.18. The van der Waals surface area contributed by atoms with Crippen LogP contribution < -0.4 is 0 Å². The average molecular weight is 282 g/mol. The molecule has 5 nitrogen and oxygen atoms in total. The molecule has 0 unspecified atom stereocenters. The SMILES string of the molecule is CCOCCSc1nc(C2CC2)nc(C)c1C(=O)O. The highest BCUT2D eigenvalue weighted by Crippen LogP contribution is 2.39. The molecule has 1 N–H and O–H groups in total. The fraction of sp³-hybridized carbons (Fsp3) is 0.615. The second kappa shape index (κ2) is 6.34. The summed E-state index contributed by atoms with van der Waals surface area (Å²) in [5.74, 6) is 0.960. The second-order valence-electron chi connectivity index (χ2n) is 4.47. The molecule has 0 aromatic carbocycles. The lowest BCUT2D eigenvalue weighted by atomic mass is 10.2.